The molecule has 0 aliphatic carbocycles. The van der Waals surface area contributed by atoms with Gasteiger partial charge in [-0.15, -0.1) is 0 Å². The summed E-state index contributed by atoms with van der Waals surface area (Å²) in [5.41, 5.74) is 0.658. The van der Waals surface area contributed by atoms with Crippen LogP contribution in [0.15, 0.2) is 29.3 Å². The Kier molecular flexibility index (Phi) is 4.53. The fraction of sp³-hybridized carbons (Fsp3) is 0.250. The molecule has 0 aliphatic rings. The predicted molar refractivity (Wildman–Crippen MR) is 76.9 cm³/mol. The first-order chi connectivity index (χ1) is 9.92. The van der Waals surface area contributed by atoms with E-state index in [4.69, 9.17) is 4.74 Å². The Hall–Kier alpha value is -2.00. The van der Waals surface area contributed by atoms with Gasteiger partial charge >= 0.3 is 0 Å². The Bertz CT molecular complexity index is 738. The van der Waals surface area contributed by atoms with Crippen LogP contribution in [0.1, 0.15) is 22.3 Å². The van der Waals surface area contributed by atoms with E-state index in [1.54, 1.807) is 13.8 Å². The van der Waals surface area contributed by atoms with Gasteiger partial charge in [0.15, 0.2) is 0 Å². The molecule has 9 heteroatoms. The second-order valence-corrected chi connectivity index (χ2v) is 6.52. The highest BCUT2D eigenvalue weighted by molar-refractivity contribution is 7.90. The summed E-state index contributed by atoms with van der Waals surface area (Å²) in [6.45, 7) is 3.95. The minimum atomic E-state index is -3.97. The molecule has 2 heterocycles. The van der Waals surface area contributed by atoms with Crippen LogP contribution >= 0.6 is 11.5 Å². The molecule has 7 nitrogen and oxygen atoms in total. The molecule has 2 aromatic rings. The second kappa shape index (κ2) is 6.19. The van der Waals surface area contributed by atoms with E-state index in [-0.39, 0.29) is 9.77 Å². The van der Waals surface area contributed by atoms with Gasteiger partial charge in [-0.3, -0.25) is 4.79 Å². The van der Waals surface area contributed by atoms with Gasteiger partial charge in [0.05, 0.1) is 18.5 Å². The molecule has 0 aromatic carbocycles. The van der Waals surface area contributed by atoms with Crippen LogP contribution in [-0.4, -0.2) is 30.3 Å². The van der Waals surface area contributed by atoms with E-state index in [9.17, 15) is 13.2 Å². The van der Waals surface area contributed by atoms with E-state index < -0.39 is 15.9 Å². The topological polar surface area (TPSA) is 98.2 Å². The Balaban J connectivity index is 2.16. The number of rotatable bonds is 5. The first-order valence-electron chi connectivity index (χ1n) is 6.01. The van der Waals surface area contributed by atoms with Crippen LogP contribution in [0.5, 0.6) is 5.88 Å². The summed E-state index contributed by atoms with van der Waals surface area (Å²) >= 11 is 0.940. The van der Waals surface area contributed by atoms with E-state index >= 15 is 0 Å². The summed E-state index contributed by atoms with van der Waals surface area (Å²) in [7, 11) is -3.97. The molecule has 1 N–H and O–H groups in total. The van der Waals surface area contributed by atoms with Crippen molar-refractivity contribution in [1.82, 2.24) is 14.1 Å². The van der Waals surface area contributed by atoms with Crippen LogP contribution in [0.2, 0.25) is 0 Å². The lowest BCUT2D eigenvalue weighted by Crippen LogP contribution is -2.30. The van der Waals surface area contributed by atoms with Crippen molar-refractivity contribution in [2.75, 3.05) is 6.61 Å². The van der Waals surface area contributed by atoms with Crippen molar-refractivity contribution in [3.63, 3.8) is 0 Å². The average molecular weight is 327 g/mol. The number of carbonyl (C=O) groups is 1. The van der Waals surface area contributed by atoms with Crippen LogP contribution in [-0.2, 0) is 10.0 Å². The molecule has 0 radical (unpaired) electrons. The normalized spacial score (nSPS) is 11.1. The van der Waals surface area contributed by atoms with Crippen LogP contribution in [0.4, 0.5) is 0 Å². The van der Waals surface area contributed by atoms with Crippen molar-refractivity contribution >= 4 is 27.5 Å². The first-order valence-corrected chi connectivity index (χ1v) is 8.27. The maximum Gasteiger partial charge on any atom is 0.276 e. The number of pyridine rings is 1. The summed E-state index contributed by atoms with van der Waals surface area (Å²) in [6, 6.07) is 4.27. The van der Waals surface area contributed by atoms with Crippen LogP contribution < -0.4 is 9.46 Å². The highest BCUT2D eigenvalue weighted by Gasteiger charge is 2.20. The largest absolute Gasteiger partial charge is 0.478 e. The number of aromatic nitrogens is 2. The minimum absolute atomic E-state index is 0.111. The molecular formula is C12H13N3O4S2. The van der Waals surface area contributed by atoms with Gasteiger partial charge in [0.2, 0.25) is 5.88 Å². The molecule has 21 heavy (non-hydrogen) atoms. The van der Waals surface area contributed by atoms with Crippen LogP contribution in [0.25, 0.3) is 0 Å². The van der Waals surface area contributed by atoms with Crippen molar-refractivity contribution < 1.29 is 17.9 Å². The van der Waals surface area contributed by atoms with Gasteiger partial charge < -0.3 is 4.74 Å². The maximum absolute atomic E-state index is 12.1. The van der Waals surface area contributed by atoms with Crippen molar-refractivity contribution in [3.05, 3.63) is 35.0 Å². The standard InChI is InChI=1S/C12H13N3O4S2/c1-3-19-11-5-4-9(7-13-11)21(17,18)15-12(16)10-6-8(2)14-20-10/h4-7H,3H2,1-2H3,(H,15,16). The third-order valence-corrected chi connectivity index (χ3v) is 4.59. The van der Waals surface area contributed by atoms with Gasteiger partial charge in [-0.2, -0.15) is 4.37 Å². The van der Waals surface area contributed by atoms with Gasteiger partial charge in [0, 0.05) is 6.07 Å². The van der Waals surface area contributed by atoms with E-state index in [1.165, 1.54) is 18.2 Å². The number of nitrogens with one attached hydrogen (secondary N) is 1. The van der Waals surface area contributed by atoms with Crippen LogP contribution in [0, 0.1) is 6.92 Å². The van der Waals surface area contributed by atoms with E-state index in [0.29, 0.717) is 18.2 Å². The number of hydrogen-bond acceptors (Lipinski definition) is 7. The Labute approximate surface area is 126 Å². The van der Waals surface area contributed by atoms with Crippen molar-refractivity contribution in [2.45, 2.75) is 18.7 Å². The number of amides is 1. The van der Waals surface area contributed by atoms with Gasteiger partial charge in [0.1, 0.15) is 9.77 Å². The van der Waals surface area contributed by atoms with Gasteiger partial charge in [-0.1, -0.05) is 0 Å². The zero-order valence-corrected chi connectivity index (χ0v) is 13.0. The summed E-state index contributed by atoms with van der Waals surface area (Å²) < 4.78 is 35.2. The number of aryl methyl sites for hydroxylation is 1. The highest BCUT2D eigenvalue weighted by Crippen LogP contribution is 2.14. The van der Waals surface area contributed by atoms with Crippen molar-refractivity contribution in [1.29, 1.82) is 0 Å². The van der Waals surface area contributed by atoms with Crippen molar-refractivity contribution in [2.24, 2.45) is 0 Å². The summed E-state index contributed by atoms with van der Waals surface area (Å²) in [5.74, 6) is -0.393. The molecule has 0 saturated heterocycles. The zero-order chi connectivity index (χ0) is 15.5. The van der Waals surface area contributed by atoms with E-state index in [2.05, 4.69) is 9.36 Å². The number of ether oxygens (including phenoxy) is 1. The molecule has 2 aromatic heterocycles. The third-order valence-electron chi connectivity index (χ3n) is 2.39. The Morgan fingerprint density at radius 1 is 1.43 bits per heavy atom. The zero-order valence-electron chi connectivity index (χ0n) is 11.4. The predicted octanol–water partition coefficient (Wildman–Crippen LogP) is 1.36. The lowest BCUT2D eigenvalue weighted by molar-refractivity contribution is 0.0985. The van der Waals surface area contributed by atoms with Gasteiger partial charge in [0.25, 0.3) is 15.9 Å². The first kappa shape index (κ1) is 15.4. The number of sulfonamides is 1. The molecule has 0 bridgehead atoms. The molecule has 0 aliphatic heterocycles. The SMILES string of the molecule is CCOc1ccc(S(=O)(=O)NC(=O)c2cc(C)ns2)cn1. The number of nitrogens with zero attached hydrogens (tertiary/aromatic N) is 2. The molecule has 0 saturated carbocycles. The fourth-order valence-corrected chi connectivity index (χ4v) is 3.09. The van der Waals surface area contributed by atoms with Gasteiger partial charge in [-0.05, 0) is 37.5 Å². The lowest BCUT2D eigenvalue weighted by atomic mass is 10.4. The second-order valence-electron chi connectivity index (χ2n) is 4.03. The summed E-state index contributed by atoms with van der Waals surface area (Å²) in [6.07, 6.45) is 1.14. The molecule has 0 fully saturated rings. The monoisotopic (exact) mass is 327 g/mol. The van der Waals surface area contributed by atoms with Crippen LogP contribution in [0.3, 0.4) is 0 Å². The number of hydrogen-bond donors (Lipinski definition) is 1. The number of carbonyl (C=O) groups excluding carboxylic acids is 1. The lowest BCUT2D eigenvalue weighted by Gasteiger charge is -2.06. The molecule has 2 rings (SSSR count). The Morgan fingerprint density at radius 3 is 2.71 bits per heavy atom. The molecule has 0 unspecified atom stereocenters. The Morgan fingerprint density at radius 2 is 2.19 bits per heavy atom. The maximum atomic E-state index is 12.1. The summed E-state index contributed by atoms with van der Waals surface area (Å²) in [4.78, 5) is 15.8. The molecule has 0 atom stereocenters. The van der Waals surface area contributed by atoms with E-state index in [1.807, 2.05) is 4.72 Å². The fourth-order valence-electron chi connectivity index (χ4n) is 1.46. The molecule has 0 spiro atoms. The summed E-state index contributed by atoms with van der Waals surface area (Å²) in [5, 5.41) is 0. The van der Waals surface area contributed by atoms with Gasteiger partial charge in [-0.25, -0.2) is 18.1 Å². The van der Waals surface area contributed by atoms with E-state index in [0.717, 1.165) is 17.7 Å². The minimum Gasteiger partial charge on any atom is -0.478 e. The smallest absolute Gasteiger partial charge is 0.276 e. The third kappa shape index (κ3) is 3.76. The quantitative estimate of drug-likeness (QED) is 0.890. The van der Waals surface area contributed by atoms with Crippen molar-refractivity contribution in [3.8, 4) is 5.88 Å². The highest BCUT2D eigenvalue weighted by atomic mass is 32.2. The average Bonchev–Trinajstić information content (AvgIpc) is 2.86. The molecule has 1 amide bonds. The molecular weight excluding hydrogens is 314 g/mol. The molecule has 112 valence electrons.